The van der Waals surface area contributed by atoms with Gasteiger partial charge in [-0.05, 0) is 0 Å². The van der Waals surface area contributed by atoms with E-state index in [4.69, 9.17) is 0 Å². The molecule has 0 amide bonds. The van der Waals surface area contributed by atoms with Crippen molar-refractivity contribution in [2.24, 2.45) is 0 Å². The largest absolute Gasteiger partial charge is 4.00 e. The Morgan fingerprint density at radius 2 is 0.682 bits per heavy atom. The van der Waals surface area contributed by atoms with Gasteiger partial charge in [0.25, 0.3) is 0 Å². The average Bonchev–Trinajstić information content (AvgIpc) is 2.39. The van der Waals surface area contributed by atoms with Crippen LogP contribution in [0.1, 0.15) is 110 Å². The van der Waals surface area contributed by atoms with Gasteiger partial charge in [-0.1, -0.05) is 103 Å². The van der Waals surface area contributed by atoms with Crippen molar-refractivity contribution in [3.63, 3.8) is 0 Å². The molecule has 22 heavy (non-hydrogen) atoms. The van der Waals surface area contributed by atoms with E-state index in [1.165, 1.54) is 96.3 Å². The number of hydrogen-bond donors (Lipinski definition) is 0. The fourth-order valence-electron chi connectivity index (χ4n) is 2.55. The molecule has 0 aliphatic carbocycles. The first kappa shape index (κ1) is 34.8. The molecule has 0 saturated heterocycles. The molecule has 134 valence electrons. The van der Waals surface area contributed by atoms with Gasteiger partial charge >= 0.3 is 21.7 Å². The third kappa shape index (κ3) is 33.3. The van der Waals surface area contributed by atoms with E-state index in [1.807, 2.05) is 0 Å². The summed E-state index contributed by atoms with van der Waals surface area (Å²) < 4.78 is 0. The van der Waals surface area contributed by atoms with E-state index in [0.717, 1.165) is 6.42 Å². The molecule has 0 heterocycles. The molecule has 0 radical (unpaired) electrons. The van der Waals surface area contributed by atoms with Crippen LogP contribution in [0.2, 0.25) is 0 Å². The maximum Gasteiger partial charge on any atom is 4.00 e. The van der Waals surface area contributed by atoms with Crippen molar-refractivity contribution in [2.45, 2.75) is 110 Å². The quantitative estimate of drug-likeness (QED) is 0.169. The smallest absolute Gasteiger partial charge is 1.00 e. The molecule has 4 heteroatoms. The molecule has 0 fully saturated rings. The Kier molecular flexibility index (Phi) is 53.9. The Labute approximate surface area is 174 Å². The number of hydrogen-bond acceptors (Lipinski definition) is 0. The molecule has 0 aromatic rings. The van der Waals surface area contributed by atoms with Gasteiger partial charge in [-0.2, -0.15) is 6.42 Å². The fourth-order valence-corrected chi connectivity index (χ4v) is 2.55. The summed E-state index contributed by atoms with van der Waals surface area (Å²) in [6.07, 6.45) is 22.8. The average molecular weight is 408 g/mol. The predicted octanol–water partition coefficient (Wildman–Crippen LogP) is -1.91. The van der Waals surface area contributed by atoms with Gasteiger partial charge in [0, 0.05) is 0 Å². The first-order chi connectivity index (χ1) is 8.91. The zero-order valence-corrected chi connectivity index (χ0v) is 18.5. The normalized spacial score (nSPS) is 9.00. The second-order valence-corrected chi connectivity index (χ2v) is 5.80. The van der Waals surface area contributed by atoms with Crippen LogP contribution in [0.25, 0.3) is 0 Å². The monoisotopic (exact) mass is 406 g/mol. The minimum absolute atomic E-state index is 0. The number of halogens is 3. The molecular weight excluding hydrogens is 370 g/mol. The van der Waals surface area contributed by atoms with Gasteiger partial charge in [0.2, 0.25) is 0 Å². The zero-order valence-electron chi connectivity index (χ0n) is 14.7. The molecule has 0 aromatic carbocycles. The van der Waals surface area contributed by atoms with E-state index >= 15 is 0 Å². The van der Waals surface area contributed by atoms with Gasteiger partial charge in [-0.25, -0.2) is 0 Å². The van der Waals surface area contributed by atoms with Crippen molar-refractivity contribution >= 4 is 0 Å². The van der Waals surface area contributed by atoms with Crippen molar-refractivity contribution in [3.8, 4) is 0 Å². The van der Waals surface area contributed by atoms with E-state index in [2.05, 4.69) is 13.8 Å². The SMILES string of the molecule is [CH2-]CCCCCCCCCCCCCCCCC.[Cl-].[Cl-].[Cl-].[Ti+4]. The summed E-state index contributed by atoms with van der Waals surface area (Å²) in [5.41, 5.74) is 0. The molecule has 0 bridgehead atoms. The summed E-state index contributed by atoms with van der Waals surface area (Å²) >= 11 is 0. The maximum absolute atomic E-state index is 3.88. The summed E-state index contributed by atoms with van der Waals surface area (Å²) in [5.74, 6) is 0. The Hall–Kier alpha value is 1.58. The van der Waals surface area contributed by atoms with Gasteiger partial charge in [0.1, 0.15) is 0 Å². The van der Waals surface area contributed by atoms with Crippen LogP contribution < -0.4 is 37.2 Å². The van der Waals surface area contributed by atoms with Crippen molar-refractivity contribution in [1.29, 1.82) is 0 Å². The second-order valence-electron chi connectivity index (χ2n) is 5.80. The van der Waals surface area contributed by atoms with Crippen LogP contribution in [-0.4, -0.2) is 0 Å². The van der Waals surface area contributed by atoms with E-state index < -0.39 is 0 Å². The Morgan fingerprint density at radius 3 is 0.909 bits per heavy atom. The third-order valence-corrected chi connectivity index (χ3v) is 3.85. The van der Waals surface area contributed by atoms with E-state index in [1.54, 1.807) is 0 Å². The van der Waals surface area contributed by atoms with Crippen LogP contribution >= 0.6 is 0 Å². The topological polar surface area (TPSA) is 0 Å². The van der Waals surface area contributed by atoms with Gasteiger partial charge < -0.3 is 44.1 Å². The minimum atomic E-state index is 0. The molecular formula is C18H37Cl3Ti. The fraction of sp³-hybridized carbons (Fsp3) is 0.944. The summed E-state index contributed by atoms with van der Waals surface area (Å²) in [6, 6.07) is 0. The molecule has 0 nitrogen and oxygen atoms in total. The maximum atomic E-state index is 3.88. The Morgan fingerprint density at radius 1 is 0.455 bits per heavy atom. The van der Waals surface area contributed by atoms with Crippen LogP contribution in [0.3, 0.4) is 0 Å². The molecule has 0 saturated carbocycles. The number of unbranched alkanes of at least 4 members (excludes halogenated alkanes) is 15. The van der Waals surface area contributed by atoms with Gasteiger partial charge in [-0.3, -0.25) is 0 Å². The summed E-state index contributed by atoms with van der Waals surface area (Å²) in [6.45, 7) is 6.18. The molecule has 0 spiro atoms. The molecule has 0 atom stereocenters. The van der Waals surface area contributed by atoms with Crippen LogP contribution in [-0.2, 0) is 21.7 Å². The summed E-state index contributed by atoms with van der Waals surface area (Å²) in [7, 11) is 0. The van der Waals surface area contributed by atoms with Crippen LogP contribution in [0.15, 0.2) is 0 Å². The van der Waals surface area contributed by atoms with Crippen molar-refractivity contribution in [2.75, 3.05) is 0 Å². The van der Waals surface area contributed by atoms with E-state index in [-0.39, 0.29) is 58.9 Å². The Balaban J connectivity index is -0.000000241. The van der Waals surface area contributed by atoms with E-state index in [9.17, 15) is 0 Å². The zero-order chi connectivity index (χ0) is 13.3. The van der Waals surface area contributed by atoms with Crippen LogP contribution in [0.4, 0.5) is 0 Å². The first-order valence-corrected chi connectivity index (χ1v) is 8.71. The van der Waals surface area contributed by atoms with Gasteiger partial charge in [0.05, 0.1) is 0 Å². The standard InChI is InChI=1S/C18H37.3ClH.Ti/c1-3-5-7-9-11-13-15-17-18-16-14-12-10-8-6-4-2;;;;/h1,3-18H2,2H3;3*1H;/q-1;;;;+4/p-3. The summed E-state index contributed by atoms with van der Waals surface area (Å²) in [4.78, 5) is 0. The second kappa shape index (κ2) is 34.0. The van der Waals surface area contributed by atoms with Crippen molar-refractivity contribution in [3.05, 3.63) is 6.92 Å². The number of rotatable bonds is 15. The van der Waals surface area contributed by atoms with Crippen LogP contribution in [0, 0.1) is 6.92 Å². The van der Waals surface area contributed by atoms with E-state index in [0.29, 0.717) is 0 Å². The molecule has 0 unspecified atom stereocenters. The molecule has 0 N–H and O–H groups in total. The van der Waals surface area contributed by atoms with Crippen LogP contribution in [0.5, 0.6) is 0 Å². The first-order valence-electron chi connectivity index (χ1n) is 8.71. The molecule has 0 aliphatic rings. The molecule has 0 aromatic heterocycles. The molecule has 0 aliphatic heterocycles. The van der Waals surface area contributed by atoms with Crippen molar-refractivity contribution < 1.29 is 58.9 Å². The third-order valence-electron chi connectivity index (χ3n) is 3.85. The van der Waals surface area contributed by atoms with Gasteiger partial charge in [-0.15, -0.1) is 0 Å². The Bertz CT molecular complexity index is 130. The molecule has 0 rings (SSSR count). The summed E-state index contributed by atoms with van der Waals surface area (Å²) in [5, 5.41) is 0. The van der Waals surface area contributed by atoms with Gasteiger partial charge in [0.15, 0.2) is 0 Å². The van der Waals surface area contributed by atoms with Crippen molar-refractivity contribution in [1.82, 2.24) is 0 Å². The predicted molar refractivity (Wildman–Crippen MR) is 84.9 cm³/mol. The minimum Gasteiger partial charge on any atom is -1.00 e.